The number of carboxylic acid groups (broad SMARTS) is 1. The molecule has 0 fully saturated rings. The van der Waals surface area contributed by atoms with Crippen LogP contribution in [0.4, 0.5) is 5.69 Å². The maximum atomic E-state index is 15.0. The number of carbonyl (C=O) groups is 2. The number of fused-ring (bicyclic) bond motifs is 4. The van der Waals surface area contributed by atoms with Gasteiger partial charge in [0, 0.05) is 65.0 Å². The van der Waals surface area contributed by atoms with Gasteiger partial charge in [-0.15, -0.1) is 0 Å². The van der Waals surface area contributed by atoms with Crippen molar-refractivity contribution in [3.05, 3.63) is 98.0 Å². The lowest BCUT2D eigenvalue weighted by Gasteiger charge is -2.34. The van der Waals surface area contributed by atoms with E-state index in [0.717, 1.165) is 77.5 Å². The molecule has 1 atom stereocenters. The van der Waals surface area contributed by atoms with Crippen molar-refractivity contribution in [3.8, 4) is 16.9 Å². The van der Waals surface area contributed by atoms with Gasteiger partial charge in [0.2, 0.25) is 0 Å². The van der Waals surface area contributed by atoms with Crippen LogP contribution in [0.1, 0.15) is 75.2 Å². The Morgan fingerprint density at radius 1 is 1.02 bits per heavy atom. The quantitative estimate of drug-likeness (QED) is 0.150. The fourth-order valence-electron chi connectivity index (χ4n) is 7.82. The highest BCUT2D eigenvalue weighted by atomic mass is 35.5. The Bertz CT molecular complexity index is 2380. The van der Waals surface area contributed by atoms with Crippen LogP contribution >= 0.6 is 23.2 Å². The number of carboxylic acids is 1. The minimum atomic E-state index is -0.988. The first-order valence-electron chi connectivity index (χ1n) is 17.3. The van der Waals surface area contributed by atoms with Gasteiger partial charge in [-0.25, -0.2) is 4.79 Å². The van der Waals surface area contributed by atoms with E-state index in [1.54, 1.807) is 12.1 Å². The minimum Gasteiger partial charge on any atom is -0.494 e. The van der Waals surface area contributed by atoms with Crippen LogP contribution in [-0.2, 0) is 20.0 Å². The Morgan fingerprint density at radius 2 is 1.73 bits per heavy atom. The number of benzene rings is 3. The van der Waals surface area contributed by atoms with Gasteiger partial charge in [-0.2, -0.15) is 5.10 Å². The molecule has 0 saturated heterocycles. The van der Waals surface area contributed by atoms with E-state index in [1.807, 2.05) is 92.3 Å². The van der Waals surface area contributed by atoms with Gasteiger partial charge in [0.25, 0.3) is 5.91 Å². The summed E-state index contributed by atoms with van der Waals surface area (Å²) in [4.78, 5) is 28.7. The summed E-state index contributed by atoms with van der Waals surface area (Å²) in [6.07, 6.45) is 3.24. The van der Waals surface area contributed by atoms with Crippen molar-refractivity contribution in [1.29, 1.82) is 0 Å². The number of anilines is 1. The third-order valence-corrected chi connectivity index (χ3v) is 11.2. The van der Waals surface area contributed by atoms with Gasteiger partial charge < -0.3 is 23.9 Å². The number of aromatic nitrogens is 4. The average Bonchev–Trinajstić information content (AvgIpc) is 3.71. The first kappa shape index (κ1) is 34.7. The molecule has 3 aromatic carbocycles. The molecular weight excluding hydrogens is 685 g/mol. The van der Waals surface area contributed by atoms with Gasteiger partial charge >= 0.3 is 5.97 Å². The van der Waals surface area contributed by atoms with Gasteiger partial charge in [0.05, 0.1) is 39.6 Å². The molecule has 9 nitrogen and oxygen atoms in total. The molecule has 51 heavy (non-hydrogen) atoms. The van der Waals surface area contributed by atoms with Crippen LogP contribution in [0.5, 0.6) is 5.75 Å². The highest BCUT2D eigenvalue weighted by molar-refractivity contribution is 6.35. The molecule has 4 heterocycles. The van der Waals surface area contributed by atoms with E-state index >= 15 is 4.79 Å². The molecule has 0 saturated carbocycles. The van der Waals surface area contributed by atoms with Crippen LogP contribution in [0.25, 0.3) is 32.9 Å². The number of rotatable bonds is 9. The summed E-state index contributed by atoms with van der Waals surface area (Å²) in [5.74, 6) is -0.328. The highest BCUT2D eigenvalue weighted by Gasteiger charge is 2.37. The molecule has 7 rings (SSSR count). The van der Waals surface area contributed by atoms with Gasteiger partial charge in [0.15, 0.2) is 0 Å². The lowest BCUT2D eigenvalue weighted by molar-refractivity contribution is 0.0696. The van der Waals surface area contributed by atoms with E-state index in [0.29, 0.717) is 43.3 Å². The molecule has 11 heteroatoms. The number of amides is 1. The van der Waals surface area contributed by atoms with E-state index in [2.05, 4.69) is 11.5 Å². The molecular formula is C40H41Cl2N5O4. The number of hydrogen-bond acceptors (Lipinski definition) is 4. The predicted octanol–water partition coefficient (Wildman–Crippen LogP) is 9.49. The Balaban J connectivity index is 1.37. The minimum absolute atomic E-state index is 0.108. The summed E-state index contributed by atoms with van der Waals surface area (Å²) in [5.41, 5.74) is 9.89. The summed E-state index contributed by atoms with van der Waals surface area (Å²) in [5, 5.41) is 17.6. The Kier molecular flexibility index (Phi) is 8.92. The molecule has 1 amide bonds. The van der Waals surface area contributed by atoms with E-state index in [9.17, 15) is 9.90 Å². The Morgan fingerprint density at radius 3 is 2.37 bits per heavy atom. The van der Waals surface area contributed by atoms with E-state index in [-0.39, 0.29) is 17.5 Å². The molecule has 0 aliphatic carbocycles. The van der Waals surface area contributed by atoms with Crippen molar-refractivity contribution in [3.63, 3.8) is 0 Å². The smallest absolute Gasteiger partial charge is 0.335 e. The van der Waals surface area contributed by atoms with Crippen molar-refractivity contribution >= 4 is 62.6 Å². The Hall–Kier alpha value is -4.73. The van der Waals surface area contributed by atoms with Crippen LogP contribution in [0, 0.1) is 27.7 Å². The molecule has 0 unspecified atom stereocenters. The molecule has 3 aromatic heterocycles. The summed E-state index contributed by atoms with van der Waals surface area (Å²) in [7, 11) is 1.93. The second-order valence-corrected chi connectivity index (χ2v) is 14.4. The summed E-state index contributed by atoms with van der Waals surface area (Å²) in [6, 6.07) is 12.9. The largest absolute Gasteiger partial charge is 0.494 e. The molecule has 1 aliphatic heterocycles. The summed E-state index contributed by atoms with van der Waals surface area (Å²) in [6.45, 7) is 13.6. The fraction of sp³-hybridized carbons (Fsp3) is 0.325. The van der Waals surface area contributed by atoms with Crippen LogP contribution in [0.3, 0.4) is 0 Å². The molecule has 6 aromatic rings. The van der Waals surface area contributed by atoms with Crippen LogP contribution in [-0.4, -0.2) is 49.0 Å². The van der Waals surface area contributed by atoms with Crippen LogP contribution in [0.15, 0.2) is 48.7 Å². The van der Waals surface area contributed by atoms with Crippen molar-refractivity contribution in [2.75, 3.05) is 18.1 Å². The third kappa shape index (κ3) is 5.67. The van der Waals surface area contributed by atoms with Crippen molar-refractivity contribution < 1.29 is 19.4 Å². The van der Waals surface area contributed by atoms with Gasteiger partial charge in [-0.3, -0.25) is 9.48 Å². The van der Waals surface area contributed by atoms with Gasteiger partial charge in [-0.05, 0) is 107 Å². The maximum Gasteiger partial charge on any atom is 0.335 e. The number of nitrogens with zero attached hydrogens (tertiary/aromatic N) is 5. The first-order valence-corrected chi connectivity index (χ1v) is 18.0. The van der Waals surface area contributed by atoms with E-state index < -0.39 is 5.97 Å². The van der Waals surface area contributed by atoms with E-state index in [1.165, 1.54) is 0 Å². The normalized spacial score (nSPS) is 14.6. The summed E-state index contributed by atoms with van der Waals surface area (Å²) < 4.78 is 12.3. The molecule has 1 N–H and O–H groups in total. The van der Waals surface area contributed by atoms with Gasteiger partial charge in [-0.1, -0.05) is 29.3 Å². The average molecular weight is 727 g/mol. The van der Waals surface area contributed by atoms with Crippen molar-refractivity contribution in [2.45, 2.75) is 67.0 Å². The number of halogens is 2. The predicted molar refractivity (Wildman–Crippen MR) is 204 cm³/mol. The second kappa shape index (κ2) is 13.1. The highest BCUT2D eigenvalue weighted by Crippen LogP contribution is 2.45. The standard InChI is InChI=1S/C40H41Cl2N5O4/c1-8-45-20-33(30-12-11-26(40(49)50)18-32(30)45)46-19-23(4)47-37-29(13-14-31(41)35(37)34-24(5)43-44(7)25(34)6)28(38(47)39(46)48)10-9-15-51-27-16-21(2)36(42)22(3)17-27/h11-14,16-18,20,23H,8-10,15,19H2,1-7H3,(H,49,50)/t23-/m1/s1. The molecule has 0 radical (unpaired) electrons. The first-order chi connectivity index (χ1) is 24.3. The Labute approximate surface area is 306 Å². The monoisotopic (exact) mass is 725 g/mol. The zero-order valence-electron chi connectivity index (χ0n) is 29.9. The third-order valence-electron chi connectivity index (χ3n) is 10.3. The lowest BCUT2D eigenvalue weighted by Crippen LogP contribution is -2.42. The second-order valence-electron chi connectivity index (χ2n) is 13.6. The lowest BCUT2D eigenvalue weighted by atomic mass is 9.98. The summed E-state index contributed by atoms with van der Waals surface area (Å²) >= 11 is 13.5. The number of ether oxygens (including phenoxy) is 1. The molecule has 0 bridgehead atoms. The maximum absolute atomic E-state index is 15.0. The number of hydrogen-bond donors (Lipinski definition) is 1. The zero-order valence-corrected chi connectivity index (χ0v) is 31.4. The molecule has 0 spiro atoms. The van der Waals surface area contributed by atoms with Crippen LogP contribution in [0.2, 0.25) is 10.0 Å². The molecule has 264 valence electrons. The van der Waals surface area contributed by atoms with Crippen molar-refractivity contribution in [2.24, 2.45) is 7.05 Å². The number of carbonyl (C=O) groups excluding carboxylic acids is 1. The SMILES string of the molecule is CCn1cc(N2C[C@@H](C)n3c(c(CCCOc4cc(C)c(Cl)c(C)c4)c4ccc(Cl)c(-c5c(C)nn(C)c5C)c43)C2=O)c2ccc(C(=O)O)cc21. The zero-order chi connectivity index (χ0) is 36.5. The topological polar surface area (TPSA) is 94.5 Å². The van der Waals surface area contributed by atoms with Crippen molar-refractivity contribution in [1.82, 2.24) is 18.9 Å². The number of aryl methyl sites for hydroxylation is 6. The van der Waals surface area contributed by atoms with Crippen LogP contribution < -0.4 is 9.64 Å². The number of aromatic carboxylic acids is 1. The van der Waals surface area contributed by atoms with E-state index in [4.69, 9.17) is 33.0 Å². The van der Waals surface area contributed by atoms with Gasteiger partial charge in [0.1, 0.15) is 11.4 Å². The fourth-order valence-corrected chi connectivity index (χ4v) is 8.18. The molecule has 1 aliphatic rings.